The molecule has 0 atom stereocenters. The highest BCUT2D eigenvalue weighted by atomic mass is 19.1. The Hall–Kier alpha value is -1.95. The van der Waals surface area contributed by atoms with Crippen LogP contribution in [0.1, 0.15) is 12.2 Å². The van der Waals surface area contributed by atoms with E-state index in [1.165, 1.54) is 12.1 Å². The molecule has 0 saturated carbocycles. The molecule has 2 N–H and O–H groups in total. The van der Waals surface area contributed by atoms with Crippen molar-refractivity contribution < 1.29 is 13.7 Å². The molecule has 0 unspecified atom stereocenters. The summed E-state index contributed by atoms with van der Waals surface area (Å²) < 4.78 is 23.1. The Bertz CT molecular complexity index is 528. The van der Waals surface area contributed by atoms with Gasteiger partial charge in [0.2, 0.25) is 0 Å². The third kappa shape index (κ3) is 2.84. The molecule has 0 fully saturated rings. The SMILES string of the molecule is COCCCc1noc(-c2ccc(F)c(N)c2)n1. The van der Waals surface area contributed by atoms with Gasteiger partial charge in [0.05, 0.1) is 5.69 Å². The minimum Gasteiger partial charge on any atom is -0.396 e. The summed E-state index contributed by atoms with van der Waals surface area (Å²) >= 11 is 0. The number of ether oxygens (including phenoxy) is 1. The predicted octanol–water partition coefficient (Wildman–Crippen LogP) is 2.04. The molecule has 0 radical (unpaired) electrons. The normalized spacial score (nSPS) is 10.8. The second-order valence-corrected chi connectivity index (χ2v) is 3.85. The molecule has 5 nitrogen and oxygen atoms in total. The summed E-state index contributed by atoms with van der Waals surface area (Å²) in [6, 6.07) is 4.30. The molecule has 1 aromatic carbocycles. The third-order valence-corrected chi connectivity index (χ3v) is 2.46. The number of aryl methyl sites for hydroxylation is 1. The number of methoxy groups -OCH3 is 1. The number of aromatic nitrogens is 2. The fourth-order valence-electron chi connectivity index (χ4n) is 1.52. The Kier molecular flexibility index (Phi) is 3.88. The molecule has 0 spiro atoms. The molecule has 6 heteroatoms. The fraction of sp³-hybridized carbons (Fsp3) is 0.333. The first-order valence-electron chi connectivity index (χ1n) is 5.57. The van der Waals surface area contributed by atoms with Gasteiger partial charge in [-0.1, -0.05) is 5.16 Å². The molecule has 18 heavy (non-hydrogen) atoms. The van der Waals surface area contributed by atoms with E-state index < -0.39 is 5.82 Å². The van der Waals surface area contributed by atoms with Crippen molar-refractivity contribution in [1.82, 2.24) is 10.1 Å². The molecular weight excluding hydrogens is 237 g/mol. The minimum absolute atomic E-state index is 0.0617. The Morgan fingerprint density at radius 3 is 3.00 bits per heavy atom. The first-order chi connectivity index (χ1) is 8.70. The molecule has 0 amide bonds. The molecule has 1 aromatic heterocycles. The van der Waals surface area contributed by atoms with Gasteiger partial charge in [-0.2, -0.15) is 4.98 Å². The maximum atomic E-state index is 13.0. The van der Waals surface area contributed by atoms with Gasteiger partial charge < -0.3 is 15.0 Å². The Balaban J connectivity index is 2.11. The van der Waals surface area contributed by atoms with Crippen LogP contribution in [0.25, 0.3) is 11.5 Å². The van der Waals surface area contributed by atoms with E-state index in [4.69, 9.17) is 15.0 Å². The molecule has 1 heterocycles. The van der Waals surface area contributed by atoms with Gasteiger partial charge >= 0.3 is 0 Å². The minimum atomic E-state index is -0.460. The lowest BCUT2D eigenvalue weighted by Gasteiger charge is -1.97. The smallest absolute Gasteiger partial charge is 0.257 e. The van der Waals surface area contributed by atoms with E-state index in [0.717, 1.165) is 6.42 Å². The highest BCUT2D eigenvalue weighted by molar-refractivity contribution is 5.59. The lowest BCUT2D eigenvalue weighted by molar-refractivity contribution is 0.194. The zero-order valence-electron chi connectivity index (χ0n) is 10.0. The number of anilines is 1. The van der Waals surface area contributed by atoms with Gasteiger partial charge in [0.1, 0.15) is 5.82 Å². The average molecular weight is 251 g/mol. The Morgan fingerprint density at radius 2 is 2.28 bits per heavy atom. The van der Waals surface area contributed by atoms with E-state index in [-0.39, 0.29) is 5.69 Å². The summed E-state index contributed by atoms with van der Waals surface area (Å²) in [5, 5.41) is 3.84. The van der Waals surface area contributed by atoms with Crippen molar-refractivity contribution in [3.8, 4) is 11.5 Å². The number of nitrogens with two attached hydrogens (primary N) is 1. The monoisotopic (exact) mass is 251 g/mol. The lowest BCUT2D eigenvalue weighted by Crippen LogP contribution is -1.94. The third-order valence-electron chi connectivity index (χ3n) is 2.46. The van der Waals surface area contributed by atoms with E-state index in [1.807, 2.05) is 0 Å². The number of benzene rings is 1. The molecule has 0 aliphatic rings. The van der Waals surface area contributed by atoms with Crippen LogP contribution in [0.2, 0.25) is 0 Å². The van der Waals surface area contributed by atoms with Crippen LogP contribution in [0.15, 0.2) is 22.7 Å². The van der Waals surface area contributed by atoms with E-state index in [2.05, 4.69) is 10.1 Å². The summed E-state index contributed by atoms with van der Waals surface area (Å²) in [6.45, 7) is 0.646. The number of nitrogen functional groups attached to an aromatic ring is 1. The second-order valence-electron chi connectivity index (χ2n) is 3.85. The summed E-state index contributed by atoms with van der Waals surface area (Å²) in [5.74, 6) is 0.484. The molecular formula is C12H14FN3O2. The summed E-state index contributed by atoms with van der Waals surface area (Å²) in [5.41, 5.74) is 6.15. The quantitative estimate of drug-likeness (QED) is 0.650. The predicted molar refractivity (Wildman–Crippen MR) is 64.3 cm³/mol. The summed E-state index contributed by atoms with van der Waals surface area (Å²) in [4.78, 5) is 4.21. The van der Waals surface area contributed by atoms with Crippen LogP contribution in [-0.2, 0) is 11.2 Å². The van der Waals surface area contributed by atoms with Crippen LogP contribution < -0.4 is 5.73 Å². The molecule has 0 saturated heterocycles. The van der Waals surface area contributed by atoms with Crippen LogP contribution in [0.3, 0.4) is 0 Å². The Labute approximate surface area is 104 Å². The maximum Gasteiger partial charge on any atom is 0.257 e. The molecule has 0 aliphatic carbocycles. The zero-order valence-corrected chi connectivity index (χ0v) is 10.0. The molecule has 2 rings (SSSR count). The largest absolute Gasteiger partial charge is 0.396 e. The van der Waals surface area contributed by atoms with Crippen LogP contribution in [-0.4, -0.2) is 23.9 Å². The van der Waals surface area contributed by atoms with E-state index >= 15 is 0 Å². The van der Waals surface area contributed by atoms with Crippen molar-refractivity contribution in [2.24, 2.45) is 0 Å². The van der Waals surface area contributed by atoms with Gasteiger partial charge in [0.15, 0.2) is 5.82 Å². The zero-order chi connectivity index (χ0) is 13.0. The van der Waals surface area contributed by atoms with Crippen molar-refractivity contribution in [1.29, 1.82) is 0 Å². The van der Waals surface area contributed by atoms with Crippen LogP contribution in [0.5, 0.6) is 0 Å². The standard InChI is InChI=1S/C12H14FN3O2/c1-17-6-2-3-11-15-12(18-16-11)8-4-5-9(13)10(14)7-8/h4-5,7H,2-3,6,14H2,1H3. The number of rotatable bonds is 5. The number of hydrogen-bond acceptors (Lipinski definition) is 5. The van der Waals surface area contributed by atoms with Gasteiger partial charge in [-0.25, -0.2) is 4.39 Å². The maximum absolute atomic E-state index is 13.0. The van der Waals surface area contributed by atoms with Crippen molar-refractivity contribution >= 4 is 5.69 Å². The van der Waals surface area contributed by atoms with E-state index in [1.54, 1.807) is 13.2 Å². The molecule has 0 bridgehead atoms. The Morgan fingerprint density at radius 1 is 1.44 bits per heavy atom. The van der Waals surface area contributed by atoms with Gasteiger partial charge in [0, 0.05) is 25.7 Å². The summed E-state index contributed by atoms with van der Waals surface area (Å²) in [6.07, 6.45) is 1.50. The van der Waals surface area contributed by atoms with Gasteiger partial charge in [-0.15, -0.1) is 0 Å². The molecule has 96 valence electrons. The molecule has 0 aliphatic heterocycles. The van der Waals surface area contributed by atoms with Gasteiger partial charge in [0.25, 0.3) is 5.89 Å². The van der Waals surface area contributed by atoms with E-state index in [9.17, 15) is 4.39 Å². The summed E-state index contributed by atoms with van der Waals surface area (Å²) in [7, 11) is 1.64. The van der Waals surface area contributed by atoms with Crippen LogP contribution in [0.4, 0.5) is 10.1 Å². The highest BCUT2D eigenvalue weighted by Gasteiger charge is 2.10. The molecule has 2 aromatic rings. The van der Waals surface area contributed by atoms with Crippen molar-refractivity contribution in [3.63, 3.8) is 0 Å². The number of halogens is 1. The highest BCUT2D eigenvalue weighted by Crippen LogP contribution is 2.21. The van der Waals surface area contributed by atoms with Crippen LogP contribution >= 0.6 is 0 Å². The lowest BCUT2D eigenvalue weighted by atomic mass is 10.2. The topological polar surface area (TPSA) is 74.2 Å². The van der Waals surface area contributed by atoms with Crippen molar-refractivity contribution in [2.75, 3.05) is 19.5 Å². The average Bonchev–Trinajstić information content (AvgIpc) is 2.82. The second kappa shape index (κ2) is 5.59. The van der Waals surface area contributed by atoms with E-state index in [0.29, 0.717) is 30.3 Å². The van der Waals surface area contributed by atoms with Crippen LogP contribution in [0, 0.1) is 5.82 Å². The number of hydrogen-bond donors (Lipinski definition) is 1. The van der Waals surface area contributed by atoms with Crippen molar-refractivity contribution in [2.45, 2.75) is 12.8 Å². The first kappa shape index (κ1) is 12.5. The first-order valence-corrected chi connectivity index (χ1v) is 5.57. The number of nitrogens with zero attached hydrogens (tertiary/aromatic N) is 2. The fourth-order valence-corrected chi connectivity index (χ4v) is 1.52. The van der Waals surface area contributed by atoms with Gasteiger partial charge in [-0.3, -0.25) is 0 Å². The van der Waals surface area contributed by atoms with Crippen molar-refractivity contribution in [3.05, 3.63) is 29.8 Å². The van der Waals surface area contributed by atoms with Gasteiger partial charge in [-0.05, 0) is 24.6 Å².